The number of ether oxygens (including phenoxy) is 2. The first-order chi connectivity index (χ1) is 11.5. The second kappa shape index (κ2) is 6.73. The number of hydrogen-bond donors (Lipinski definition) is 1. The maximum Gasteiger partial charge on any atom is 0.420 e. The van der Waals surface area contributed by atoms with Gasteiger partial charge in [-0.3, -0.25) is 0 Å². The van der Waals surface area contributed by atoms with E-state index in [1.165, 1.54) is 13.2 Å². The first-order valence-electron chi connectivity index (χ1n) is 7.68. The number of fused-ring (bicyclic) bond motifs is 1. The predicted molar refractivity (Wildman–Crippen MR) is 84.2 cm³/mol. The van der Waals surface area contributed by atoms with Crippen LogP contribution in [-0.4, -0.2) is 13.7 Å². The molecule has 0 saturated heterocycles. The smallest absolute Gasteiger partial charge is 0.420 e. The van der Waals surface area contributed by atoms with E-state index < -0.39 is 11.7 Å². The van der Waals surface area contributed by atoms with E-state index >= 15 is 0 Å². The molecule has 0 fully saturated rings. The third-order valence-electron chi connectivity index (χ3n) is 4.03. The quantitative estimate of drug-likeness (QED) is 0.917. The average Bonchev–Trinajstić information content (AvgIpc) is 2.58. The summed E-state index contributed by atoms with van der Waals surface area (Å²) in [5.74, 6) is -0.0354. The van der Waals surface area contributed by atoms with Crippen LogP contribution < -0.4 is 14.8 Å². The van der Waals surface area contributed by atoms with E-state index in [9.17, 15) is 13.2 Å². The third-order valence-corrected chi connectivity index (χ3v) is 4.03. The molecule has 0 atom stereocenters. The minimum atomic E-state index is -4.51. The van der Waals surface area contributed by atoms with Crippen molar-refractivity contribution in [1.82, 2.24) is 5.32 Å². The van der Waals surface area contributed by atoms with E-state index in [-0.39, 0.29) is 18.1 Å². The molecule has 1 N–H and O–H groups in total. The topological polar surface area (TPSA) is 30.5 Å². The molecule has 0 spiro atoms. The third kappa shape index (κ3) is 3.33. The lowest BCUT2D eigenvalue weighted by atomic mass is 9.96. The summed E-state index contributed by atoms with van der Waals surface area (Å²) in [5.41, 5.74) is 1.40. The Kier molecular flexibility index (Phi) is 4.66. The van der Waals surface area contributed by atoms with Crippen molar-refractivity contribution in [2.24, 2.45) is 0 Å². The lowest BCUT2D eigenvalue weighted by molar-refractivity contribution is -0.139. The summed E-state index contributed by atoms with van der Waals surface area (Å²) in [4.78, 5) is 0. The van der Waals surface area contributed by atoms with Gasteiger partial charge in [-0.25, -0.2) is 0 Å². The second-order valence-electron chi connectivity index (χ2n) is 5.62. The van der Waals surface area contributed by atoms with Crippen LogP contribution in [0.3, 0.4) is 0 Å². The molecule has 3 rings (SSSR count). The molecule has 0 bridgehead atoms. The number of methoxy groups -OCH3 is 1. The molecule has 6 heteroatoms. The van der Waals surface area contributed by atoms with E-state index in [2.05, 4.69) is 5.32 Å². The number of halogens is 3. The summed E-state index contributed by atoms with van der Waals surface area (Å²) in [7, 11) is 1.38. The van der Waals surface area contributed by atoms with Gasteiger partial charge in [-0.2, -0.15) is 13.2 Å². The Morgan fingerprint density at radius 2 is 1.88 bits per heavy atom. The van der Waals surface area contributed by atoms with Crippen molar-refractivity contribution in [2.45, 2.75) is 25.7 Å². The van der Waals surface area contributed by atoms with Crippen molar-refractivity contribution in [2.75, 3.05) is 13.7 Å². The molecular formula is C18H18F3NO2. The van der Waals surface area contributed by atoms with Crippen molar-refractivity contribution < 1.29 is 22.6 Å². The van der Waals surface area contributed by atoms with E-state index in [0.717, 1.165) is 11.1 Å². The fourth-order valence-corrected chi connectivity index (χ4v) is 2.90. The molecule has 0 radical (unpaired) electrons. The van der Waals surface area contributed by atoms with Gasteiger partial charge in [-0.15, -0.1) is 0 Å². The van der Waals surface area contributed by atoms with Gasteiger partial charge in [0.2, 0.25) is 0 Å². The summed E-state index contributed by atoms with van der Waals surface area (Å²) >= 11 is 0. The molecule has 1 heterocycles. The van der Waals surface area contributed by atoms with Gasteiger partial charge < -0.3 is 14.8 Å². The van der Waals surface area contributed by atoms with Gasteiger partial charge in [0.25, 0.3) is 0 Å². The molecule has 0 amide bonds. The van der Waals surface area contributed by atoms with Gasteiger partial charge in [0.15, 0.2) is 11.5 Å². The Morgan fingerprint density at radius 1 is 1.12 bits per heavy atom. The fraction of sp³-hybridized carbons (Fsp3) is 0.333. The summed E-state index contributed by atoms with van der Waals surface area (Å²) in [5, 5.41) is 3.08. The molecule has 0 saturated carbocycles. The molecule has 0 aromatic heterocycles. The van der Waals surface area contributed by atoms with Crippen LogP contribution in [0, 0.1) is 0 Å². The number of benzene rings is 2. The zero-order valence-corrected chi connectivity index (χ0v) is 13.2. The van der Waals surface area contributed by atoms with Crippen LogP contribution in [0.5, 0.6) is 11.5 Å². The summed E-state index contributed by atoms with van der Waals surface area (Å²) in [6.45, 7) is 1.15. The van der Waals surface area contributed by atoms with Crippen LogP contribution >= 0.6 is 0 Å². The second-order valence-corrected chi connectivity index (χ2v) is 5.62. The van der Waals surface area contributed by atoms with Gasteiger partial charge >= 0.3 is 6.18 Å². The van der Waals surface area contributed by atoms with Crippen LogP contribution in [0.25, 0.3) is 0 Å². The number of rotatable bonds is 4. The predicted octanol–water partition coefficient (Wildman–Crippen LogP) is 3.94. The maximum atomic E-state index is 13.5. The zero-order chi connectivity index (χ0) is 17.2. The Morgan fingerprint density at radius 3 is 2.54 bits per heavy atom. The number of nitrogens with one attached hydrogen (secondary N) is 1. The monoisotopic (exact) mass is 337 g/mol. The Balaban J connectivity index is 2.04. The summed E-state index contributed by atoms with van der Waals surface area (Å²) in [6.07, 6.45) is -3.90. The first kappa shape index (κ1) is 16.6. The Bertz CT molecular complexity index is 714. The highest BCUT2D eigenvalue weighted by Crippen LogP contribution is 2.46. The molecule has 0 aliphatic carbocycles. The van der Waals surface area contributed by atoms with Gasteiger partial charge in [-0.1, -0.05) is 30.3 Å². The molecule has 1 aliphatic heterocycles. The van der Waals surface area contributed by atoms with Gasteiger partial charge in [-0.05, 0) is 30.2 Å². The van der Waals surface area contributed by atoms with Crippen molar-refractivity contribution in [3.05, 3.63) is 58.7 Å². The lowest BCUT2D eigenvalue weighted by Crippen LogP contribution is -2.25. The van der Waals surface area contributed by atoms with Crippen molar-refractivity contribution >= 4 is 0 Å². The number of hydrogen-bond acceptors (Lipinski definition) is 3. The molecule has 128 valence electrons. The minimum absolute atomic E-state index is 0.0529. The number of alkyl halides is 3. The molecule has 24 heavy (non-hydrogen) atoms. The maximum absolute atomic E-state index is 13.5. The van der Waals surface area contributed by atoms with Crippen LogP contribution in [0.4, 0.5) is 13.2 Å². The normalized spacial score (nSPS) is 14.2. The van der Waals surface area contributed by atoms with E-state index in [4.69, 9.17) is 9.47 Å². The zero-order valence-electron chi connectivity index (χ0n) is 13.2. The van der Waals surface area contributed by atoms with E-state index in [1.807, 2.05) is 30.3 Å². The van der Waals surface area contributed by atoms with Gasteiger partial charge in [0.05, 0.1) is 7.11 Å². The average molecular weight is 337 g/mol. The lowest BCUT2D eigenvalue weighted by Gasteiger charge is -2.25. The first-order valence-corrected chi connectivity index (χ1v) is 7.68. The molecule has 0 unspecified atom stereocenters. The van der Waals surface area contributed by atoms with E-state index in [1.54, 1.807) is 0 Å². The Hall–Kier alpha value is -2.21. The summed E-state index contributed by atoms with van der Waals surface area (Å²) in [6, 6.07) is 10.3. The molecule has 2 aromatic rings. The minimum Gasteiger partial charge on any atom is -0.493 e. The van der Waals surface area contributed by atoms with Crippen molar-refractivity contribution in [3.8, 4) is 11.5 Å². The standard InChI is InChI=1S/C18H18F3NO2/c1-23-16-14-7-8-22-10-13(14)9-15(18(19,20)21)17(16)24-11-12-5-3-2-4-6-12/h2-6,9,22H,7-8,10-11H2,1H3. The van der Waals surface area contributed by atoms with E-state index in [0.29, 0.717) is 25.1 Å². The van der Waals surface area contributed by atoms with Gasteiger partial charge in [0, 0.05) is 12.1 Å². The van der Waals surface area contributed by atoms with Crippen LogP contribution in [0.15, 0.2) is 36.4 Å². The highest BCUT2D eigenvalue weighted by atomic mass is 19.4. The molecular weight excluding hydrogens is 319 g/mol. The van der Waals surface area contributed by atoms with Crippen LogP contribution in [-0.2, 0) is 25.7 Å². The SMILES string of the molecule is COc1c2c(cc(C(F)(F)F)c1OCc1ccccc1)CNCC2. The van der Waals surface area contributed by atoms with Crippen molar-refractivity contribution in [3.63, 3.8) is 0 Å². The molecule has 1 aliphatic rings. The van der Waals surface area contributed by atoms with Crippen LogP contribution in [0.1, 0.15) is 22.3 Å². The Labute approximate surface area is 138 Å². The molecule has 3 nitrogen and oxygen atoms in total. The van der Waals surface area contributed by atoms with Crippen LogP contribution in [0.2, 0.25) is 0 Å². The highest BCUT2D eigenvalue weighted by molar-refractivity contribution is 5.57. The summed E-state index contributed by atoms with van der Waals surface area (Å²) < 4.78 is 51.4. The van der Waals surface area contributed by atoms with Gasteiger partial charge in [0.1, 0.15) is 12.2 Å². The fourth-order valence-electron chi connectivity index (χ4n) is 2.90. The largest absolute Gasteiger partial charge is 0.493 e. The molecule has 2 aromatic carbocycles. The highest BCUT2D eigenvalue weighted by Gasteiger charge is 2.38. The van der Waals surface area contributed by atoms with Crippen molar-refractivity contribution in [1.29, 1.82) is 0 Å².